The van der Waals surface area contributed by atoms with Gasteiger partial charge in [0.15, 0.2) is 5.69 Å². The highest BCUT2D eigenvalue weighted by Gasteiger charge is 2.26. The highest BCUT2D eigenvalue weighted by atomic mass is 32.1. The summed E-state index contributed by atoms with van der Waals surface area (Å²) in [6.45, 7) is 2.69. The van der Waals surface area contributed by atoms with Gasteiger partial charge in [0.25, 0.3) is 5.91 Å². The fourth-order valence-electron chi connectivity index (χ4n) is 3.14. The Labute approximate surface area is 164 Å². The molecule has 1 atom stereocenters. The molecular weight excluding hydrogens is 384 g/mol. The van der Waals surface area contributed by atoms with E-state index in [1.807, 2.05) is 24.4 Å². The number of carbonyl (C=O) groups is 2. The maximum absolute atomic E-state index is 12.7. The van der Waals surface area contributed by atoms with Crippen molar-refractivity contribution in [3.05, 3.63) is 44.9 Å². The number of aromatic nitrogens is 3. The topological polar surface area (TPSA) is 86.1 Å². The number of nitrogens with one attached hydrogen (secondary N) is 1. The third kappa shape index (κ3) is 3.52. The highest BCUT2D eigenvalue weighted by molar-refractivity contribution is 7.17. The first-order valence-electron chi connectivity index (χ1n) is 8.54. The molecule has 1 aliphatic heterocycles. The summed E-state index contributed by atoms with van der Waals surface area (Å²) in [5.74, 6) is -0.596. The molecule has 0 spiro atoms. The molecule has 0 fully saturated rings. The van der Waals surface area contributed by atoms with Crippen LogP contribution in [0, 0.1) is 6.92 Å². The van der Waals surface area contributed by atoms with Crippen molar-refractivity contribution in [2.45, 2.75) is 32.4 Å². The summed E-state index contributed by atoms with van der Waals surface area (Å²) in [6.07, 6.45) is 1.69. The molecule has 1 unspecified atom stereocenters. The lowest BCUT2D eigenvalue weighted by Gasteiger charge is -2.24. The molecule has 4 heterocycles. The van der Waals surface area contributed by atoms with Gasteiger partial charge in [0.1, 0.15) is 0 Å². The van der Waals surface area contributed by atoms with Crippen LogP contribution in [0.25, 0.3) is 10.6 Å². The van der Waals surface area contributed by atoms with Gasteiger partial charge >= 0.3 is 5.97 Å². The minimum absolute atomic E-state index is 0.127. The van der Waals surface area contributed by atoms with Gasteiger partial charge < -0.3 is 10.1 Å². The zero-order valence-corrected chi connectivity index (χ0v) is 16.5. The van der Waals surface area contributed by atoms with E-state index in [4.69, 9.17) is 4.74 Å². The van der Waals surface area contributed by atoms with Crippen molar-refractivity contribution in [2.75, 3.05) is 7.11 Å². The Kier molecular flexibility index (Phi) is 4.79. The van der Waals surface area contributed by atoms with Gasteiger partial charge in [0.2, 0.25) is 0 Å². The minimum Gasteiger partial charge on any atom is -0.464 e. The Morgan fingerprint density at radius 1 is 1.37 bits per heavy atom. The van der Waals surface area contributed by atoms with Crippen molar-refractivity contribution in [1.29, 1.82) is 0 Å². The van der Waals surface area contributed by atoms with E-state index in [-0.39, 0.29) is 17.6 Å². The van der Waals surface area contributed by atoms with Crippen molar-refractivity contribution in [1.82, 2.24) is 20.1 Å². The molecule has 3 aromatic heterocycles. The number of ether oxygens (including phenoxy) is 1. The molecule has 0 aliphatic carbocycles. The minimum atomic E-state index is -0.469. The van der Waals surface area contributed by atoms with Crippen LogP contribution in [0.2, 0.25) is 0 Å². The predicted molar refractivity (Wildman–Crippen MR) is 103 cm³/mol. The molecule has 0 saturated heterocycles. The number of fused-ring (bicyclic) bond motifs is 1. The molecule has 1 N–H and O–H groups in total. The van der Waals surface area contributed by atoms with Gasteiger partial charge in [-0.1, -0.05) is 0 Å². The van der Waals surface area contributed by atoms with Crippen LogP contribution in [0.5, 0.6) is 0 Å². The fraction of sp³-hybridized carbons (Fsp3) is 0.333. The summed E-state index contributed by atoms with van der Waals surface area (Å²) in [5, 5.41) is 10.4. The van der Waals surface area contributed by atoms with Gasteiger partial charge in [-0.05, 0) is 38.0 Å². The molecule has 140 valence electrons. The molecule has 9 heteroatoms. The number of hydrogen-bond acceptors (Lipinski definition) is 7. The Morgan fingerprint density at radius 2 is 2.22 bits per heavy atom. The smallest absolute Gasteiger partial charge is 0.358 e. The molecule has 0 saturated carbocycles. The molecule has 3 aromatic rings. The molecule has 0 radical (unpaired) electrons. The van der Waals surface area contributed by atoms with Gasteiger partial charge in [-0.25, -0.2) is 9.78 Å². The molecular formula is C18H18N4O3S2. The molecule has 4 rings (SSSR count). The van der Waals surface area contributed by atoms with E-state index < -0.39 is 5.97 Å². The third-order valence-electron chi connectivity index (χ3n) is 4.43. The lowest BCUT2D eigenvalue weighted by atomic mass is 10.0. The Balaban J connectivity index is 1.52. The number of amides is 1. The monoisotopic (exact) mass is 402 g/mol. The van der Waals surface area contributed by atoms with Crippen LogP contribution >= 0.6 is 22.7 Å². The normalized spacial score (nSPS) is 16.0. The molecule has 1 amide bonds. The summed E-state index contributed by atoms with van der Waals surface area (Å²) in [6, 6.07) is 5.27. The van der Waals surface area contributed by atoms with Gasteiger partial charge in [0.05, 0.1) is 39.3 Å². The number of nitrogens with zero attached hydrogens (tertiary/aromatic N) is 3. The first-order chi connectivity index (χ1) is 13.0. The summed E-state index contributed by atoms with van der Waals surface area (Å²) >= 11 is 3.02. The number of methoxy groups -OCH3 is 1. The number of thiophene rings is 1. The fourth-order valence-corrected chi connectivity index (χ4v) is 4.70. The Morgan fingerprint density at radius 3 is 2.96 bits per heavy atom. The van der Waals surface area contributed by atoms with E-state index in [0.717, 1.165) is 40.7 Å². The molecule has 7 nitrogen and oxygen atoms in total. The maximum Gasteiger partial charge on any atom is 0.358 e. The number of hydrogen-bond donors (Lipinski definition) is 1. The summed E-state index contributed by atoms with van der Waals surface area (Å²) < 4.78 is 6.52. The second kappa shape index (κ2) is 7.24. The second-order valence-electron chi connectivity index (χ2n) is 6.25. The second-order valence-corrected chi connectivity index (χ2v) is 8.40. The van der Waals surface area contributed by atoms with Crippen molar-refractivity contribution < 1.29 is 14.3 Å². The van der Waals surface area contributed by atoms with Crippen LogP contribution in [0.1, 0.15) is 49.7 Å². The predicted octanol–water partition coefficient (Wildman–Crippen LogP) is 3.43. The van der Waals surface area contributed by atoms with Crippen molar-refractivity contribution in [2.24, 2.45) is 0 Å². The van der Waals surface area contributed by atoms with E-state index in [0.29, 0.717) is 4.88 Å². The van der Waals surface area contributed by atoms with Crippen LogP contribution in [0.3, 0.4) is 0 Å². The number of thiazole rings is 1. The lowest BCUT2D eigenvalue weighted by Crippen LogP contribution is -2.32. The Hall–Kier alpha value is -2.52. The zero-order valence-electron chi connectivity index (χ0n) is 14.9. The van der Waals surface area contributed by atoms with Crippen LogP contribution < -0.4 is 5.32 Å². The SMILES string of the molecule is COC(=O)c1cc2n(n1)CCCC2NC(=O)c1ccc(-c2csc(C)n2)s1. The summed E-state index contributed by atoms with van der Waals surface area (Å²) in [7, 11) is 1.33. The standard InChI is InChI=1S/C18H18N4O3S2/c1-10-19-13(9-26-10)15-5-6-16(27-15)17(23)20-11-4-3-7-22-14(11)8-12(21-22)18(24)25-2/h5-6,8-9,11H,3-4,7H2,1-2H3,(H,20,23). The number of esters is 1. The van der Waals surface area contributed by atoms with Crippen molar-refractivity contribution in [3.8, 4) is 10.6 Å². The molecule has 27 heavy (non-hydrogen) atoms. The van der Waals surface area contributed by atoms with Gasteiger partial charge in [-0.15, -0.1) is 22.7 Å². The van der Waals surface area contributed by atoms with Crippen molar-refractivity contribution in [3.63, 3.8) is 0 Å². The van der Waals surface area contributed by atoms with E-state index in [1.165, 1.54) is 18.4 Å². The van der Waals surface area contributed by atoms with E-state index in [2.05, 4.69) is 15.4 Å². The maximum atomic E-state index is 12.7. The Bertz CT molecular complexity index is 1000. The quantitative estimate of drug-likeness (QED) is 0.676. The molecule has 0 aromatic carbocycles. The van der Waals surface area contributed by atoms with Crippen LogP contribution in [0.15, 0.2) is 23.6 Å². The summed E-state index contributed by atoms with van der Waals surface area (Å²) in [4.78, 5) is 30.5. The zero-order chi connectivity index (χ0) is 19.0. The largest absolute Gasteiger partial charge is 0.464 e. The van der Waals surface area contributed by atoms with Crippen LogP contribution in [-0.2, 0) is 11.3 Å². The average Bonchev–Trinajstić information content (AvgIpc) is 3.39. The lowest BCUT2D eigenvalue weighted by molar-refractivity contribution is 0.0592. The van der Waals surface area contributed by atoms with E-state index >= 15 is 0 Å². The van der Waals surface area contributed by atoms with Crippen LogP contribution in [-0.4, -0.2) is 33.8 Å². The van der Waals surface area contributed by atoms with Crippen LogP contribution in [0.4, 0.5) is 0 Å². The highest BCUT2D eigenvalue weighted by Crippen LogP contribution is 2.30. The van der Waals surface area contributed by atoms with Crippen molar-refractivity contribution >= 4 is 34.6 Å². The number of aryl methyl sites for hydroxylation is 2. The number of rotatable bonds is 4. The van der Waals surface area contributed by atoms with E-state index in [9.17, 15) is 9.59 Å². The first-order valence-corrected chi connectivity index (χ1v) is 10.2. The average molecular weight is 403 g/mol. The summed E-state index contributed by atoms with van der Waals surface area (Å²) in [5.41, 5.74) is 2.01. The van der Waals surface area contributed by atoms with E-state index in [1.54, 1.807) is 22.1 Å². The first kappa shape index (κ1) is 17.9. The van der Waals surface area contributed by atoms with Gasteiger partial charge in [-0.3, -0.25) is 9.48 Å². The molecule has 0 bridgehead atoms. The van der Waals surface area contributed by atoms with Gasteiger partial charge in [0, 0.05) is 11.9 Å². The van der Waals surface area contributed by atoms with Gasteiger partial charge in [-0.2, -0.15) is 5.10 Å². The molecule has 1 aliphatic rings. The third-order valence-corrected chi connectivity index (χ3v) is 6.31. The number of carbonyl (C=O) groups excluding carboxylic acids is 2.